The summed E-state index contributed by atoms with van der Waals surface area (Å²) >= 11 is 0. The van der Waals surface area contributed by atoms with Crippen LogP contribution in [0.15, 0.2) is 36.9 Å². The van der Waals surface area contributed by atoms with Crippen LogP contribution in [-0.2, 0) is 21.6 Å². The summed E-state index contributed by atoms with van der Waals surface area (Å²) in [4.78, 5) is 3.90. The number of aromatic nitrogens is 3. The van der Waals surface area contributed by atoms with E-state index in [1.54, 1.807) is 19.1 Å². The maximum absolute atomic E-state index is 13.3. The minimum atomic E-state index is -1.39. The van der Waals surface area contributed by atoms with Crippen LogP contribution in [-0.4, -0.2) is 38.9 Å². The molecule has 0 radical (unpaired) electrons. The Morgan fingerprint density at radius 2 is 2.21 bits per heavy atom. The number of halogens is 1. The first-order valence-corrected chi connectivity index (χ1v) is 8.16. The molecule has 1 aromatic heterocycles. The van der Waals surface area contributed by atoms with Crippen LogP contribution in [0.4, 0.5) is 4.39 Å². The van der Waals surface area contributed by atoms with Crippen LogP contribution in [0.25, 0.3) is 0 Å². The standard InChI is InChI=1S/C17H22FN3O3/c1-13(24-16-4-2-3-9-23-16)17(22,10-21-12-19-11-20-21)14-5-7-15(18)8-6-14/h5-8,11-13,16,22H,2-4,9-10H2,1H3/t13-,16?,17-/m1/s1. The molecule has 0 amide bonds. The Kier molecular flexibility index (Phi) is 5.23. The van der Waals surface area contributed by atoms with Crippen LogP contribution in [0.3, 0.4) is 0 Å². The first-order valence-electron chi connectivity index (χ1n) is 8.16. The third-order valence-electron chi connectivity index (χ3n) is 4.38. The van der Waals surface area contributed by atoms with Crippen molar-refractivity contribution in [2.24, 2.45) is 0 Å². The highest BCUT2D eigenvalue weighted by molar-refractivity contribution is 5.24. The van der Waals surface area contributed by atoms with E-state index in [1.165, 1.54) is 29.5 Å². The summed E-state index contributed by atoms with van der Waals surface area (Å²) in [5.74, 6) is -0.356. The first kappa shape index (κ1) is 17.0. The quantitative estimate of drug-likeness (QED) is 0.877. The van der Waals surface area contributed by atoms with E-state index in [4.69, 9.17) is 9.47 Å². The van der Waals surface area contributed by atoms with Crippen molar-refractivity contribution in [3.05, 3.63) is 48.3 Å². The van der Waals surface area contributed by atoms with E-state index in [-0.39, 0.29) is 18.7 Å². The number of ether oxygens (including phenoxy) is 2. The van der Waals surface area contributed by atoms with Gasteiger partial charge in [-0.2, -0.15) is 5.10 Å². The minimum absolute atomic E-state index is 0.145. The summed E-state index contributed by atoms with van der Waals surface area (Å²) in [6, 6.07) is 5.78. The van der Waals surface area contributed by atoms with Gasteiger partial charge < -0.3 is 14.6 Å². The highest BCUT2D eigenvalue weighted by Gasteiger charge is 2.39. The van der Waals surface area contributed by atoms with Gasteiger partial charge in [-0.05, 0) is 43.9 Å². The largest absolute Gasteiger partial charge is 0.380 e. The average molecular weight is 335 g/mol. The fraction of sp³-hybridized carbons (Fsp3) is 0.529. The number of benzene rings is 1. The number of rotatable bonds is 6. The molecular weight excluding hydrogens is 313 g/mol. The van der Waals surface area contributed by atoms with Gasteiger partial charge in [0.25, 0.3) is 0 Å². The average Bonchev–Trinajstić information content (AvgIpc) is 3.09. The van der Waals surface area contributed by atoms with Gasteiger partial charge in [0, 0.05) is 6.61 Å². The normalized spacial score (nSPS) is 22.0. The van der Waals surface area contributed by atoms with E-state index in [0.29, 0.717) is 12.2 Å². The van der Waals surface area contributed by atoms with Gasteiger partial charge in [-0.1, -0.05) is 12.1 Å². The van der Waals surface area contributed by atoms with Gasteiger partial charge in [-0.3, -0.25) is 0 Å². The molecule has 1 aliphatic heterocycles. The molecule has 1 fully saturated rings. The Balaban J connectivity index is 1.83. The zero-order valence-corrected chi connectivity index (χ0v) is 13.6. The van der Waals surface area contributed by atoms with E-state index in [9.17, 15) is 9.50 Å². The molecule has 2 heterocycles. The summed E-state index contributed by atoms with van der Waals surface area (Å²) in [6.07, 6.45) is 4.88. The molecule has 0 bridgehead atoms. The first-order chi connectivity index (χ1) is 11.6. The van der Waals surface area contributed by atoms with Crippen molar-refractivity contribution >= 4 is 0 Å². The van der Waals surface area contributed by atoms with Crippen molar-refractivity contribution in [3.8, 4) is 0 Å². The number of nitrogens with zero attached hydrogens (tertiary/aromatic N) is 3. The lowest BCUT2D eigenvalue weighted by Crippen LogP contribution is -2.45. The molecular formula is C17H22FN3O3. The Hall–Kier alpha value is -1.83. The number of aliphatic hydroxyl groups is 1. The Bertz CT molecular complexity index is 629. The van der Waals surface area contributed by atoms with Crippen molar-refractivity contribution in [1.29, 1.82) is 0 Å². The Labute approximate surface area is 140 Å². The summed E-state index contributed by atoms with van der Waals surface area (Å²) in [5.41, 5.74) is -0.829. The second-order valence-electron chi connectivity index (χ2n) is 6.10. The van der Waals surface area contributed by atoms with E-state index >= 15 is 0 Å². The second kappa shape index (κ2) is 7.38. The number of hydrogen-bond donors (Lipinski definition) is 1. The monoisotopic (exact) mass is 335 g/mol. The molecule has 24 heavy (non-hydrogen) atoms. The zero-order chi connectivity index (χ0) is 17.0. The van der Waals surface area contributed by atoms with Gasteiger partial charge in [0.2, 0.25) is 0 Å². The van der Waals surface area contributed by atoms with E-state index in [0.717, 1.165) is 19.3 Å². The van der Waals surface area contributed by atoms with Gasteiger partial charge in [-0.15, -0.1) is 0 Å². The van der Waals surface area contributed by atoms with Gasteiger partial charge in [0.05, 0.1) is 12.6 Å². The van der Waals surface area contributed by atoms with Crippen LogP contribution in [0.5, 0.6) is 0 Å². The summed E-state index contributed by atoms with van der Waals surface area (Å²) in [7, 11) is 0. The van der Waals surface area contributed by atoms with Gasteiger partial charge in [-0.25, -0.2) is 14.1 Å². The molecule has 2 aromatic rings. The molecule has 1 aliphatic rings. The third kappa shape index (κ3) is 3.80. The molecule has 1 aromatic carbocycles. The molecule has 1 N–H and O–H groups in total. The van der Waals surface area contributed by atoms with Crippen molar-refractivity contribution in [3.63, 3.8) is 0 Å². The molecule has 6 nitrogen and oxygen atoms in total. The van der Waals surface area contributed by atoms with Crippen molar-refractivity contribution in [2.75, 3.05) is 6.61 Å². The predicted octanol–water partition coefficient (Wildman–Crippen LogP) is 2.24. The molecule has 1 unspecified atom stereocenters. The van der Waals surface area contributed by atoms with E-state index in [2.05, 4.69) is 10.1 Å². The van der Waals surface area contributed by atoms with Gasteiger partial charge in [0.1, 0.15) is 24.1 Å². The fourth-order valence-electron chi connectivity index (χ4n) is 2.91. The van der Waals surface area contributed by atoms with Crippen LogP contribution in [0.2, 0.25) is 0 Å². The number of hydrogen-bond acceptors (Lipinski definition) is 5. The van der Waals surface area contributed by atoms with Crippen molar-refractivity contribution < 1.29 is 19.0 Å². The molecule has 1 saturated heterocycles. The maximum atomic E-state index is 13.3. The Morgan fingerprint density at radius 3 is 2.83 bits per heavy atom. The van der Waals surface area contributed by atoms with Crippen LogP contribution >= 0.6 is 0 Å². The minimum Gasteiger partial charge on any atom is -0.380 e. The van der Waals surface area contributed by atoms with Crippen LogP contribution < -0.4 is 0 Å². The molecule has 130 valence electrons. The third-order valence-corrected chi connectivity index (χ3v) is 4.38. The van der Waals surface area contributed by atoms with Crippen LogP contribution in [0, 0.1) is 5.82 Å². The topological polar surface area (TPSA) is 69.4 Å². The van der Waals surface area contributed by atoms with Crippen molar-refractivity contribution in [2.45, 2.75) is 50.7 Å². The Morgan fingerprint density at radius 1 is 1.42 bits per heavy atom. The lowest BCUT2D eigenvalue weighted by atomic mass is 9.88. The van der Waals surface area contributed by atoms with Gasteiger partial charge in [0.15, 0.2) is 6.29 Å². The molecule has 7 heteroatoms. The van der Waals surface area contributed by atoms with E-state index in [1.807, 2.05) is 0 Å². The highest BCUT2D eigenvalue weighted by Crippen LogP contribution is 2.31. The predicted molar refractivity (Wildman–Crippen MR) is 84.5 cm³/mol. The molecule has 0 saturated carbocycles. The van der Waals surface area contributed by atoms with Crippen LogP contribution in [0.1, 0.15) is 31.7 Å². The lowest BCUT2D eigenvalue weighted by Gasteiger charge is -2.37. The molecule has 0 spiro atoms. The highest BCUT2D eigenvalue weighted by atomic mass is 19.1. The summed E-state index contributed by atoms with van der Waals surface area (Å²) < 4.78 is 26.4. The SMILES string of the molecule is C[C@@H](OC1CCCCO1)[C@](O)(Cn1cncn1)c1ccc(F)cc1. The zero-order valence-electron chi connectivity index (χ0n) is 13.6. The molecule has 0 aliphatic carbocycles. The smallest absolute Gasteiger partial charge is 0.158 e. The summed E-state index contributed by atoms with van der Waals surface area (Å²) in [5, 5.41) is 15.4. The van der Waals surface area contributed by atoms with Gasteiger partial charge >= 0.3 is 0 Å². The molecule has 3 atom stereocenters. The summed E-state index contributed by atoms with van der Waals surface area (Å²) in [6.45, 7) is 2.60. The molecule has 3 rings (SSSR count). The lowest BCUT2D eigenvalue weighted by molar-refractivity contribution is -0.229. The fourth-order valence-corrected chi connectivity index (χ4v) is 2.91. The second-order valence-corrected chi connectivity index (χ2v) is 6.10. The van der Waals surface area contributed by atoms with E-state index < -0.39 is 11.7 Å². The maximum Gasteiger partial charge on any atom is 0.158 e. The van der Waals surface area contributed by atoms with Crippen molar-refractivity contribution in [1.82, 2.24) is 14.8 Å².